The minimum Gasteiger partial charge on any atom is -0.311 e. The number of benzene rings is 1. The number of hydrogen-bond acceptors (Lipinski definition) is 7. The Labute approximate surface area is 153 Å². The van der Waals surface area contributed by atoms with Crippen LogP contribution >= 0.6 is 22.7 Å². The van der Waals surface area contributed by atoms with Crippen LogP contribution in [-0.4, -0.2) is 31.8 Å². The fourth-order valence-electron chi connectivity index (χ4n) is 2.66. The first-order valence-electron chi connectivity index (χ1n) is 7.99. The molecule has 0 saturated carbocycles. The van der Waals surface area contributed by atoms with Gasteiger partial charge in [-0.15, -0.1) is 27.8 Å². The van der Waals surface area contributed by atoms with Crippen LogP contribution < -0.4 is 5.32 Å². The average molecular weight is 371 g/mol. The molecule has 1 atom stereocenters. The van der Waals surface area contributed by atoms with Crippen LogP contribution in [0.25, 0.3) is 27.4 Å². The highest BCUT2D eigenvalue weighted by Crippen LogP contribution is 2.27. The van der Waals surface area contributed by atoms with E-state index in [0.717, 1.165) is 37.4 Å². The molecule has 0 aliphatic carbocycles. The summed E-state index contributed by atoms with van der Waals surface area (Å²) < 4.78 is 3.05. The molecule has 0 spiro atoms. The van der Waals surface area contributed by atoms with E-state index in [1.165, 1.54) is 0 Å². The van der Waals surface area contributed by atoms with E-state index in [4.69, 9.17) is 10.1 Å². The van der Waals surface area contributed by atoms with Gasteiger partial charge in [-0.2, -0.15) is 0 Å². The van der Waals surface area contributed by atoms with E-state index in [1.807, 2.05) is 43.1 Å². The monoisotopic (exact) mass is 370 g/mol. The number of fused-ring (bicyclic) bond motifs is 1. The van der Waals surface area contributed by atoms with E-state index in [2.05, 4.69) is 28.3 Å². The van der Waals surface area contributed by atoms with Gasteiger partial charge >= 0.3 is 0 Å². The van der Waals surface area contributed by atoms with Crippen LogP contribution in [0.15, 0.2) is 23.6 Å². The Kier molecular flexibility index (Phi) is 4.10. The third kappa shape index (κ3) is 2.97. The second-order valence-electron chi connectivity index (χ2n) is 5.85. The molecule has 3 aromatic heterocycles. The maximum atomic E-state index is 4.75. The lowest BCUT2D eigenvalue weighted by atomic mass is 10.2. The van der Waals surface area contributed by atoms with Crippen LogP contribution in [0.1, 0.15) is 28.8 Å². The molecule has 128 valence electrons. The van der Waals surface area contributed by atoms with Crippen molar-refractivity contribution in [1.29, 1.82) is 0 Å². The summed E-state index contributed by atoms with van der Waals surface area (Å²) in [5.74, 6) is 1.52. The average Bonchev–Trinajstić information content (AvgIpc) is 3.29. The largest absolute Gasteiger partial charge is 0.311 e. The molecule has 1 aromatic carbocycles. The summed E-state index contributed by atoms with van der Waals surface area (Å²) in [7, 11) is 1.92. The van der Waals surface area contributed by atoms with Crippen LogP contribution in [0.3, 0.4) is 0 Å². The van der Waals surface area contributed by atoms with E-state index in [-0.39, 0.29) is 6.04 Å². The molecule has 1 unspecified atom stereocenters. The minimum absolute atomic E-state index is 0.0693. The van der Waals surface area contributed by atoms with Crippen molar-refractivity contribution >= 4 is 32.9 Å². The van der Waals surface area contributed by atoms with E-state index < -0.39 is 0 Å². The number of rotatable bonds is 4. The molecule has 0 amide bonds. The maximum absolute atomic E-state index is 4.75. The number of thiazole rings is 2. The van der Waals surface area contributed by atoms with E-state index in [0.29, 0.717) is 5.82 Å². The highest BCUT2D eigenvalue weighted by molar-refractivity contribution is 7.18. The van der Waals surface area contributed by atoms with Crippen LogP contribution in [0.4, 0.5) is 0 Å². The van der Waals surface area contributed by atoms with Gasteiger partial charge in [-0.1, -0.05) is 0 Å². The van der Waals surface area contributed by atoms with Gasteiger partial charge < -0.3 is 5.32 Å². The van der Waals surface area contributed by atoms with Crippen molar-refractivity contribution in [2.45, 2.75) is 26.8 Å². The van der Waals surface area contributed by atoms with Crippen molar-refractivity contribution in [3.8, 4) is 17.2 Å². The van der Waals surface area contributed by atoms with Gasteiger partial charge in [0.1, 0.15) is 11.5 Å². The number of hydrogen-bond donors (Lipinski definition) is 1. The summed E-state index contributed by atoms with van der Waals surface area (Å²) in [6, 6.07) is 6.27. The van der Waals surface area contributed by atoms with Crippen LogP contribution in [0, 0.1) is 13.8 Å². The van der Waals surface area contributed by atoms with Crippen LogP contribution in [-0.2, 0) is 0 Å². The maximum Gasteiger partial charge on any atom is 0.201 e. The Morgan fingerprint density at radius 1 is 1.12 bits per heavy atom. The molecule has 8 heteroatoms. The van der Waals surface area contributed by atoms with Gasteiger partial charge in [0.15, 0.2) is 0 Å². The number of aryl methyl sites for hydroxylation is 2. The number of nitrogens with one attached hydrogen (secondary N) is 1. The van der Waals surface area contributed by atoms with E-state index in [1.54, 1.807) is 22.7 Å². The van der Waals surface area contributed by atoms with Crippen molar-refractivity contribution in [3.05, 3.63) is 39.4 Å². The Balaban J connectivity index is 1.87. The van der Waals surface area contributed by atoms with Crippen molar-refractivity contribution in [2.75, 3.05) is 7.05 Å². The molecule has 0 saturated heterocycles. The predicted molar refractivity (Wildman–Crippen MR) is 103 cm³/mol. The van der Waals surface area contributed by atoms with Gasteiger partial charge in [-0.25, -0.2) is 19.6 Å². The summed E-state index contributed by atoms with van der Waals surface area (Å²) >= 11 is 3.29. The third-order valence-corrected chi connectivity index (χ3v) is 5.73. The van der Waals surface area contributed by atoms with Gasteiger partial charge in [0, 0.05) is 5.38 Å². The van der Waals surface area contributed by atoms with Crippen molar-refractivity contribution in [3.63, 3.8) is 0 Å². The van der Waals surface area contributed by atoms with Crippen LogP contribution in [0.5, 0.6) is 0 Å². The molecule has 4 rings (SSSR count). The highest BCUT2D eigenvalue weighted by atomic mass is 32.1. The standard InChI is InChI=1S/C17H18N6S2/c1-9(18-4)17-21-16(14-8-24-10(2)19-14)22-23(17)12-5-6-13-15(7-12)25-11(3)20-13/h5-9,18H,1-4H3. The molecular weight excluding hydrogens is 352 g/mol. The van der Waals surface area contributed by atoms with Gasteiger partial charge in [-0.3, -0.25) is 0 Å². The zero-order chi connectivity index (χ0) is 17.6. The Hall–Kier alpha value is -2.16. The van der Waals surface area contributed by atoms with Gasteiger partial charge in [0.05, 0.1) is 32.0 Å². The molecule has 25 heavy (non-hydrogen) atoms. The molecule has 0 radical (unpaired) electrons. The second kappa shape index (κ2) is 6.29. The zero-order valence-corrected chi connectivity index (χ0v) is 16.1. The first kappa shape index (κ1) is 16.3. The summed E-state index contributed by atoms with van der Waals surface area (Å²) in [5, 5.41) is 12.1. The highest BCUT2D eigenvalue weighted by Gasteiger charge is 2.19. The summed E-state index contributed by atoms with van der Waals surface area (Å²) in [6.45, 7) is 6.09. The third-order valence-electron chi connectivity index (χ3n) is 4.02. The van der Waals surface area contributed by atoms with Crippen molar-refractivity contribution in [1.82, 2.24) is 30.0 Å². The Bertz CT molecular complexity index is 1040. The first-order valence-corrected chi connectivity index (χ1v) is 9.69. The van der Waals surface area contributed by atoms with E-state index >= 15 is 0 Å². The molecule has 0 fully saturated rings. The Morgan fingerprint density at radius 3 is 2.68 bits per heavy atom. The fraction of sp³-hybridized carbons (Fsp3) is 0.294. The van der Waals surface area contributed by atoms with E-state index in [9.17, 15) is 0 Å². The molecular formula is C17H18N6S2. The normalized spacial score (nSPS) is 12.8. The molecule has 6 nitrogen and oxygen atoms in total. The Morgan fingerprint density at radius 2 is 1.96 bits per heavy atom. The summed E-state index contributed by atoms with van der Waals surface area (Å²) in [6.07, 6.45) is 0. The SMILES string of the molecule is CNC(C)c1nc(-c2csc(C)n2)nn1-c1ccc2nc(C)sc2c1. The first-order chi connectivity index (χ1) is 12.0. The summed E-state index contributed by atoms with van der Waals surface area (Å²) in [5.41, 5.74) is 2.82. The number of aromatic nitrogens is 5. The molecule has 3 heterocycles. The fourth-order valence-corrected chi connectivity index (χ4v) is 4.11. The molecule has 0 aliphatic rings. The second-order valence-corrected chi connectivity index (χ2v) is 8.15. The van der Waals surface area contributed by atoms with Gasteiger partial charge in [0.2, 0.25) is 5.82 Å². The lowest BCUT2D eigenvalue weighted by molar-refractivity contribution is 0.589. The topological polar surface area (TPSA) is 68.5 Å². The smallest absolute Gasteiger partial charge is 0.201 e. The van der Waals surface area contributed by atoms with Crippen LogP contribution in [0.2, 0.25) is 0 Å². The lowest BCUT2D eigenvalue weighted by Crippen LogP contribution is -2.17. The molecule has 0 aliphatic heterocycles. The summed E-state index contributed by atoms with van der Waals surface area (Å²) in [4.78, 5) is 13.8. The van der Waals surface area contributed by atoms with Crippen molar-refractivity contribution in [2.24, 2.45) is 0 Å². The van der Waals surface area contributed by atoms with Gasteiger partial charge in [0.25, 0.3) is 0 Å². The molecule has 0 bridgehead atoms. The van der Waals surface area contributed by atoms with Crippen molar-refractivity contribution < 1.29 is 0 Å². The quantitative estimate of drug-likeness (QED) is 0.590. The minimum atomic E-state index is 0.0693. The predicted octanol–water partition coefficient (Wildman–Crippen LogP) is 3.90. The number of nitrogens with zero attached hydrogens (tertiary/aromatic N) is 5. The molecule has 1 N–H and O–H groups in total. The zero-order valence-electron chi connectivity index (χ0n) is 14.4. The molecule has 4 aromatic rings. The van der Waals surface area contributed by atoms with Gasteiger partial charge in [-0.05, 0) is 46.0 Å². The lowest BCUT2D eigenvalue weighted by Gasteiger charge is -2.11.